The standard InChI is InChI=1S/C5H11NO/c1-6-2-4-7-5-3-6/h2-5H2,1H3/i1D3. The monoisotopic (exact) mass is 104 g/mol. The molecule has 0 unspecified atom stereocenters. The molecule has 1 saturated heterocycles. The molecule has 2 heteroatoms. The van der Waals surface area contributed by atoms with Gasteiger partial charge < -0.3 is 9.64 Å². The Balaban J connectivity index is 2.39. The van der Waals surface area contributed by atoms with Crippen LogP contribution in [-0.4, -0.2) is 38.2 Å². The van der Waals surface area contributed by atoms with Crippen molar-refractivity contribution >= 4 is 0 Å². The molecule has 1 aliphatic rings. The highest BCUT2D eigenvalue weighted by Crippen LogP contribution is 1.89. The molecular weight excluding hydrogens is 90.1 g/mol. The van der Waals surface area contributed by atoms with Gasteiger partial charge in [-0.1, -0.05) is 0 Å². The van der Waals surface area contributed by atoms with E-state index < -0.39 is 6.98 Å². The number of nitrogens with zero attached hydrogens (tertiary/aromatic N) is 1. The summed E-state index contributed by atoms with van der Waals surface area (Å²) in [6, 6.07) is 0. The Hall–Kier alpha value is -0.0800. The maximum absolute atomic E-state index is 7.03. The summed E-state index contributed by atoms with van der Waals surface area (Å²) >= 11 is 0. The van der Waals surface area contributed by atoms with Gasteiger partial charge >= 0.3 is 0 Å². The maximum Gasteiger partial charge on any atom is 0.0594 e. The number of morpholine rings is 1. The van der Waals surface area contributed by atoms with Crippen molar-refractivity contribution in [1.29, 1.82) is 0 Å². The van der Waals surface area contributed by atoms with Gasteiger partial charge in [0.2, 0.25) is 0 Å². The van der Waals surface area contributed by atoms with Crippen LogP contribution in [0.25, 0.3) is 0 Å². The lowest BCUT2D eigenvalue weighted by molar-refractivity contribution is 0.0503. The van der Waals surface area contributed by atoms with Gasteiger partial charge in [0.25, 0.3) is 0 Å². The molecule has 1 rings (SSSR count). The van der Waals surface area contributed by atoms with Gasteiger partial charge in [-0.2, -0.15) is 0 Å². The van der Waals surface area contributed by atoms with Crippen LogP contribution in [0.2, 0.25) is 0 Å². The molecule has 2 nitrogen and oxygen atoms in total. The second kappa shape index (κ2) is 2.28. The summed E-state index contributed by atoms with van der Waals surface area (Å²) < 4.78 is 26.1. The lowest BCUT2D eigenvalue weighted by atomic mass is 10.5. The highest BCUT2D eigenvalue weighted by Gasteiger charge is 2.02. The average Bonchev–Trinajstić information content (AvgIpc) is 1.88. The molecule has 0 aromatic rings. The van der Waals surface area contributed by atoms with Crippen molar-refractivity contribution in [2.75, 3.05) is 33.3 Å². The van der Waals surface area contributed by atoms with Crippen LogP contribution in [0, 0.1) is 0 Å². The first-order valence-electron chi connectivity index (χ1n) is 3.93. The van der Waals surface area contributed by atoms with Crippen molar-refractivity contribution in [3.05, 3.63) is 0 Å². The summed E-state index contributed by atoms with van der Waals surface area (Å²) in [4.78, 5) is 1.45. The van der Waals surface area contributed by atoms with Gasteiger partial charge in [0, 0.05) is 17.2 Å². The smallest absolute Gasteiger partial charge is 0.0594 e. The molecule has 0 aromatic carbocycles. The van der Waals surface area contributed by atoms with Crippen LogP contribution < -0.4 is 0 Å². The Morgan fingerprint density at radius 1 is 1.57 bits per heavy atom. The van der Waals surface area contributed by atoms with E-state index in [4.69, 9.17) is 8.85 Å². The van der Waals surface area contributed by atoms with E-state index in [1.54, 1.807) is 0 Å². The van der Waals surface area contributed by atoms with Crippen LogP contribution in [0.3, 0.4) is 0 Å². The quantitative estimate of drug-likeness (QED) is 0.427. The van der Waals surface area contributed by atoms with Crippen LogP contribution in [0.5, 0.6) is 0 Å². The summed E-state index contributed by atoms with van der Waals surface area (Å²) in [7, 11) is 0. The highest BCUT2D eigenvalue weighted by molar-refractivity contribution is 4.53. The molecule has 1 aliphatic heterocycles. The van der Waals surface area contributed by atoms with E-state index in [9.17, 15) is 0 Å². The third-order valence-corrected chi connectivity index (χ3v) is 1.01. The highest BCUT2D eigenvalue weighted by atomic mass is 16.5. The molecular formula is C5H11NO. The van der Waals surface area contributed by atoms with E-state index in [-0.39, 0.29) is 0 Å². The number of hydrogen-bond donors (Lipinski definition) is 0. The fourth-order valence-electron chi connectivity index (χ4n) is 0.563. The van der Waals surface area contributed by atoms with Gasteiger partial charge in [0.1, 0.15) is 0 Å². The first-order chi connectivity index (χ1) is 4.61. The van der Waals surface area contributed by atoms with Gasteiger partial charge in [0.05, 0.1) is 13.2 Å². The number of ether oxygens (including phenoxy) is 1. The lowest BCUT2D eigenvalue weighted by Crippen LogP contribution is -2.32. The van der Waals surface area contributed by atoms with E-state index in [0.29, 0.717) is 26.3 Å². The zero-order chi connectivity index (χ0) is 7.61. The van der Waals surface area contributed by atoms with Crippen LogP contribution in [0.1, 0.15) is 4.11 Å². The van der Waals surface area contributed by atoms with Crippen LogP contribution in [0.15, 0.2) is 0 Å². The summed E-state index contributed by atoms with van der Waals surface area (Å²) in [5.41, 5.74) is 0. The molecule has 0 amide bonds. The molecule has 0 atom stereocenters. The Bertz CT molecular complexity index is 108. The second-order valence-corrected chi connectivity index (χ2v) is 1.60. The predicted octanol–water partition coefficient (Wildman–Crippen LogP) is -0.0516. The molecule has 0 aliphatic carbocycles. The van der Waals surface area contributed by atoms with Crippen LogP contribution >= 0.6 is 0 Å². The van der Waals surface area contributed by atoms with E-state index in [1.807, 2.05) is 0 Å². The number of hydrogen-bond acceptors (Lipinski definition) is 2. The molecule has 0 aromatic heterocycles. The van der Waals surface area contributed by atoms with Gasteiger partial charge in [-0.05, 0) is 6.98 Å². The van der Waals surface area contributed by atoms with Gasteiger partial charge in [-0.25, -0.2) is 0 Å². The fourth-order valence-corrected chi connectivity index (χ4v) is 0.563. The van der Waals surface area contributed by atoms with Crippen LogP contribution in [-0.2, 0) is 4.74 Å². The van der Waals surface area contributed by atoms with E-state index >= 15 is 0 Å². The Kier molecular flexibility index (Phi) is 0.804. The zero-order valence-electron chi connectivity index (χ0n) is 7.18. The minimum absolute atomic E-state index is 0.524. The zero-order valence-corrected chi connectivity index (χ0v) is 4.18. The summed E-state index contributed by atoms with van der Waals surface area (Å²) in [5.74, 6) is 0. The Labute approximate surface area is 48.3 Å². The summed E-state index contributed by atoms with van der Waals surface area (Å²) in [6.07, 6.45) is 0. The summed E-state index contributed by atoms with van der Waals surface area (Å²) in [5, 5.41) is 0. The van der Waals surface area contributed by atoms with Gasteiger partial charge in [0.15, 0.2) is 0 Å². The third-order valence-electron chi connectivity index (χ3n) is 1.01. The Morgan fingerprint density at radius 3 is 2.71 bits per heavy atom. The second-order valence-electron chi connectivity index (χ2n) is 1.60. The molecule has 42 valence electrons. The van der Waals surface area contributed by atoms with E-state index in [0.717, 1.165) is 0 Å². The first-order valence-corrected chi connectivity index (χ1v) is 2.43. The average molecular weight is 104 g/mol. The van der Waals surface area contributed by atoms with Crippen LogP contribution in [0.4, 0.5) is 0 Å². The van der Waals surface area contributed by atoms with Crippen molar-refractivity contribution in [1.82, 2.24) is 4.90 Å². The molecule has 0 radical (unpaired) electrons. The minimum atomic E-state index is -1.93. The predicted molar refractivity (Wildman–Crippen MR) is 28.3 cm³/mol. The normalized spacial score (nSPS) is 33.4. The maximum atomic E-state index is 7.03. The lowest BCUT2D eigenvalue weighted by Gasteiger charge is -2.21. The fraction of sp³-hybridized carbons (Fsp3) is 1.00. The Morgan fingerprint density at radius 2 is 2.29 bits per heavy atom. The van der Waals surface area contributed by atoms with Crippen molar-refractivity contribution in [2.24, 2.45) is 0 Å². The SMILES string of the molecule is [2H]C([2H])([2H])N1CCOCC1. The topological polar surface area (TPSA) is 12.5 Å². The molecule has 0 N–H and O–H groups in total. The van der Waals surface area contributed by atoms with Crippen molar-refractivity contribution in [2.45, 2.75) is 0 Å². The van der Waals surface area contributed by atoms with Crippen molar-refractivity contribution in [3.8, 4) is 0 Å². The third kappa shape index (κ3) is 1.45. The molecule has 0 spiro atoms. The molecule has 0 bridgehead atoms. The van der Waals surface area contributed by atoms with Crippen molar-refractivity contribution in [3.63, 3.8) is 0 Å². The minimum Gasteiger partial charge on any atom is -0.379 e. The van der Waals surface area contributed by atoms with Gasteiger partial charge in [-0.15, -0.1) is 0 Å². The summed E-state index contributed by atoms with van der Waals surface area (Å²) in [6.45, 7) is 0.202. The van der Waals surface area contributed by atoms with E-state index in [2.05, 4.69) is 0 Å². The molecule has 1 heterocycles. The molecule has 7 heavy (non-hydrogen) atoms. The first kappa shape index (κ1) is 2.46. The molecule has 0 saturated carbocycles. The number of rotatable bonds is 0. The van der Waals surface area contributed by atoms with Gasteiger partial charge in [-0.3, -0.25) is 0 Å². The number of likely N-dealkylation sites (N-methyl/N-ethyl adjacent to an activating group) is 1. The molecule has 1 fully saturated rings. The van der Waals surface area contributed by atoms with E-state index in [1.165, 1.54) is 4.90 Å². The largest absolute Gasteiger partial charge is 0.379 e. The van der Waals surface area contributed by atoms with Crippen molar-refractivity contribution < 1.29 is 8.85 Å².